The van der Waals surface area contributed by atoms with Gasteiger partial charge in [-0.05, 0) is 61.2 Å². The average molecular weight is 535 g/mol. The van der Waals surface area contributed by atoms with Crippen LogP contribution in [0.1, 0.15) is 29.1 Å². The first kappa shape index (κ1) is 24.5. The van der Waals surface area contributed by atoms with E-state index in [2.05, 4.69) is 10.3 Å². The number of sulfone groups is 1. The molecule has 176 valence electrons. The van der Waals surface area contributed by atoms with E-state index in [1.807, 2.05) is 12.1 Å². The van der Waals surface area contributed by atoms with E-state index in [0.717, 1.165) is 10.1 Å². The number of fused-ring (bicyclic) bond motifs is 1. The molecule has 0 atom stereocenters. The summed E-state index contributed by atoms with van der Waals surface area (Å²) in [5.74, 6) is 0.422. The Morgan fingerprint density at radius 1 is 1.03 bits per heavy atom. The number of pyridine rings is 1. The second-order valence-corrected chi connectivity index (χ2v) is 12.7. The van der Waals surface area contributed by atoms with Gasteiger partial charge in [0.25, 0.3) is 5.91 Å². The lowest BCUT2D eigenvalue weighted by Crippen LogP contribution is -2.27. The molecule has 0 aliphatic carbocycles. The van der Waals surface area contributed by atoms with E-state index < -0.39 is 14.6 Å². The van der Waals surface area contributed by atoms with E-state index in [1.165, 1.54) is 23.8 Å². The lowest BCUT2D eigenvalue weighted by Gasteiger charge is -2.23. The van der Waals surface area contributed by atoms with Gasteiger partial charge in [0.05, 0.1) is 14.6 Å². The number of hydrogen-bond donors (Lipinski definition) is 1. The normalized spacial score (nSPS) is 12.0. The van der Waals surface area contributed by atoms with Gasteiger partial charge in [-0.25, -0.2) is 13.4 Å². The third-order valence-corrected chi connectivity index (χ3v) is 9.06. The molecule has 6 nitrogen and oxygen atoms in total. The first-order valence-corrected chi connectivity index (χ1v) is 13.5. The second-order valence-electron chi connectivity index (χ2n) is 8.19. The van der Waals surface area contributed by atoms with Crippen LogP contribution in [-0.4, -0.2) is 25.6 Å². The molecule has 0 spiro atoms. The minimum atomic E-state index is -3.32. The van der Waals surface area contributed by atoms with Crippen molar-refractivity contribution in [3.8, 4) is 11.6 Å². The Balaban J connectivity index is 1.57. The molecule has 0 aliphatic heterocycles. The van der Waals surface area contributed by atoms with Crippen molar-refractivity contribution in [3.63, 3.8) is 0 Å². The topological polar surface area (TPSA) is 85.4 Å². The number of carbonyl (C=O) groups is 1. The second kappa shape index (κ2) is 9.19. The SMILES string of the molecule is CC(C)(c1ccc2sc(C(=O)Nc3cc(Cl)cc(Oc4ccc(Cl)cn4)c3)cc2c1)S(C)(=O)=O. The van der Waals surface area contributed by atoms with Crippen molar-refractivity contribution < 1.29 is 17.9 Å². The van der Waals surface area contributed by atoms with Crippen LogP contribution in [0, 0.1) is 0 Å². The first-order chi connectivity index (χ1) is 15.9. The Morgan fingerprint density at radius 3 is 2.47 bits per heavy atom. The summed E-state index contributed by atoms with van der Waals surface area (Å²) < 4.78 is 29.9. The minimum absolute atomic E-state index is 0.317. The number of halogens is 2. The molecule has 2 aromatic carbocycles. The van der Waals surface area contributed by atoms with Crippen molar-refractivity contribution in [2.24, 2.45) is 0 Å². The zero-order valence-corrected chi connectivity index (χ0v) is 21.6. The fourth-order valence-electron chi connectivity index (χ4n) is 3.17. The lowest BCUT2D eigenvalue weighted by molar-refractivity contribution is 0.103. The number of ether oxygens (including phenoxy) is 1. The number of benzene rings is 2. The van der Waals surface area contributed by atoms with Gasteiger partial charge >= 0.3 is 0 Å². The molecule has 4 aromatic rings. The minimum Gasteiger partial charge on any atom is -0.439 e. The van der Waals surface area contributed by atoms with Crippen LogP contribution in [0.25, 0.3) is 10.1 Å². The number of rotatable bonds is 6. The number of thiophene rings is 1. The van der Waals surface area contributed by atoms with Crippen LogP contribution in [0.2, 0.25) is 10.0 Å². The van der Waals surface area contributed by atoms with Gasteiger partial charge in [-0.15, -0.1) is 11.3 Å². The average Bonchev–Trinajstić information content (AvgIpc) is 3.18. The van der Waals surface area contributed by atoms with Gasteiger partial charge < -0.3 is 10.1 Å². The Morgan fingerprint density at radius 2 is 1.79 bits per heavy atom. The molecule has 10 heteroatoms. The highest BCUT2D eigenvalue weighted by molar-refractivity contribution is 7.91. The maximum absolute atomic E-state index is 12.9. The van der Waals surface area contributed by atoms with Gasteiger partial charge in [-0.3, -0.25) is 4.79 Å². The van der Waals surface area contributed by atoms with Gasteiger partial charge in [0, 0.05) is 40.0 Å². The number of amides is 1. The highest BCUT2D eigenvalue weighted by Crippen LogP contribution is 2.35. The van der Waals surface area contributed by atoms with Gasteiger partial charge in [-0.1, -0.05) is 29.3 Å². The lowest BCUT2D eigenvalue weighted by atomic mass is 10.0. The van der Waals surface area contributed by atoms with Crippen LogP contribution >= 0.6 is 34.5 Å². The summed E-state index contributed by atoms with van der Waals surface area (Å²) in [5, 5.41) is 4.50. The van der Waals surface area contributed by atoms with Gasteiger partial charge in [0.2, 0.25) is 5.88 Å². The molecule has 2 aromatic heterocycles. The van der Waals surface area contributed by atoms with Crippen LogP contribution in [0.5, 0.6) is 11.6 Å². The monoisotopic (exact) mass is 534 g/mol. The number of nitrogens with zero attached hydrogens (tertiary/aromatic N) is 1. The molecule has 0 saturated heterocycles. The fourth-order valence-corrected chi connectivity index (χ4v) is 5.00. The molecule has 4 rings (SSSR count). The van der Waals surface area contributed by atoms with Crippen molar-refractivity contribution in [2.75, 3.05) is 11.6 Å². The van der Waals surface area contributed by atoms with E-state index in [9.17, 15) is 13.2 Å². The number of nitrogens with one attached hydrogen (secondary N) is 1. The molecule has 1 N–H and O–H groups in total. The maximum Gasteiger partial charge on any atom is 0.265 e. The van der Waals surface area contributed by atoms with Crippen molar-refractivity contribution in [3.05, 3.63) is 81.3 Å². The zero-order valence-electron chi connectivity index (χ0n) is 18.4. The molecule has 0 bridgehead atoms. The molecule has 0 radical (unpaired) electrons. The summed E-state index contributed by atoms with van der Waals surface area (Å²) >= 11 is 13.4. The number of carbonyl (C=O) groups excluding carboxylic acids is 1. The number of aromatic nitrogens is 1. The summed E-state index contributed by atoms with van der Waals surface area (Å²) in [6, 6.07) is 15.3. The van der Waals surface area contributed by atoms with E-state index in [-0.39, 0.29) is 5.91 Å². The van der Waals surface area contributed by atoms with Crippen LogP contribution in [0.3, 0.4) is 0 Å². The zero-order chi connectivity index (χ0) is 24.7. The third kappa shape index (κ3) is 5.20. The summed E-state index contributed by atoms with van der Waals surface area (Å²) in [4.78, 5) is 17.5. The molecule has 34 heavy (non-hydrogen) atoms. The van der Waals surface area contributed by atoms with Crippen LogP contribution in [-0.2, 0) is 14.6 Å². The smallest absolute Gasteiger partial charge is 0.265 e. The van der Waals surface area contributed by atoms with Gasteiger partial charge in [0.1, 0.15) is 5.75 Å². The highest BCUT2D eigenvalue weighted by atomic mass is 35.5. The summed E-state index contributed by atoms with van der Waals surface area (Å²) in [5.41, 5.74) is 1.12. The predicted octanol–water partition coefficient (Wildman–Crippen LogP) is 6.93. The van der Waals surface area contributed by atoms with Gasteiger partial charge in [-0.2, -0.15) is 0 Å². The van der Waals surface area contributed by atoms with E-state index in [1.54, 1.807) is 56.3 Å². The molecule has 0 saturated carbocycles. The van der Waals surface area contributed by atoms with Crippen molar-refractivity contribution >= 4 is 66.1 Å². The first-order valence-electron chi connectivity index (χ1n) is 10.1. The standard InChI is InChI=1S/C24H20Cl2N2O4S2/c1-24(2,34(3,30)31)15-4-6-20-14(8-15)9-21(33-20)23(29)28-18-10-17(26)11-19(12-18)32-22-7-5-16(25)13-27-22/h4-13H,1-3H3,(H,28,29). The largest absolute Gasteiger partial charge is 0.439 e. The Kier molecular flexibility index (Phi) is 6.61. The van der Waals surface area contributed by atoms with Crippen molar-refractivity contribution in [1.82, 2.24) is 4.98 Å². The molecular formula is C24H20Cl2N2O4S2. The van der Waals surface area contributed by atoms with Crippen molar-refractivity contribution in [1.29, 1.82) is 0 Å². The van der Waals surface area contributed by atoms with Crippen LogP contribution < -0.4 is 10.1 Å². The van der Waals surface area contributed by atoms with Gasteiger partial charge in [0.15, 0.2) is 9.84 Å². The molecule has 0 aliphatic rings. The molecule has 2 heterocycles. The fraction of sp³-hybridized carbons (Fsp3) is 0.167. The Bertz CT molecular complexity index is 1500. The maximum atomic E-state index is 12.9. The third-order valence-electron chi connectivity index (χ3n) is 5.41. The van der Waals surface area contributed by atoms with Crippen molar-refractivity contribution in [2.45, 2.75) is 18.6 Å². The van der Waals surface area contributed by atoms with E-state index >= 15 is 0 Å². The molecular weight excluding hydrogens is 515 g/mol. The molecule has 1 amide bonds. The molecule has 0 unspecified atom stereocenters. The molecule has 0 fully saturated rings. The Hall–Kier alpha value is -2.65. The van der Waals surface area contributed by atoms with E-state index in [4.69, 9.17) is 27.9 Å². The van der Waals surface area contributed by atoms with Crippen LogP contribution in [0.4, 0.5) is 5.69 Å². The number of anilines is 1. The predicted molar refractivity (Wildman–Crippen MR) is 138 cm³/mol. The summed E-state index contributed by atoms with van der Waals surface area (Å²) in [6.07, 6.45) is 2.68. The Labute approximate surface area is 211 Å². The van der Waals surface area contributed by atoms with E-state index in [0.29, 0.717) is 37.8 Å². The quantitative estimate of drug-likeness (QED) is 0.290. The number of hydrogen-bond acceptors (Lipinski definition) is 6. The highest BCUT2D eigenvalue weighted by Gasteiger charge is 2.32. The summed E-state index contributed by atoms with van der Waals surface area (Å²) in [7, 11) is -3.32. The van der Waals surface area contributed by atoms with Crippen LogP contribution in [0.15, 0.2) is 60.8 Å². The summed E-state index contributed by atoms with van der Waals surface area (Å²) in [6.45, 7) is 3.34.